The fraction of sp³-hybridized carbons (Fsp3) is 1.00. The van der Waals surface area contributed by atoms with E-state index in [1.54, 1.807) is 0 Å². The van der Waals surface area contributed by atoms with Gasteiger partial charge >= 0.3 is 0 Å². The first-order chi connectivity index (χ1) is 7.27. The van der Waals surface area contributed by atoms with E-state index >= 15 is 0 Å². The van der Waals surface area contributed by atoms with E-state index in [0.29, 0.717) is 6.04 Å². The lowest BCUT2D eigenvalue weighted by Crippen LogP contribution is -2.33. The van der Waals surface area contributed by atoms with Crippen LogP contribution in [0.15, 0.2) is 0 Å². The summed E-state index contributed by atoms with van der Waals surface area (Å²) in [4.78, 5) is 0. The second kappa shape index (κ2) is 7.27. The molecule has 0 aromatic rings. The summed E-state index contributed by atoms with van der Waals surface area (Å²) < 4.78 is 0. The lowest BCUT2D eigenvalue weighted by molar-refractivity contribution is 0.222. The minimum atomic E-state index is 0.492. The van der Waals surface area contributed by atoms with Crippen LogP contribution in [-0.2, 0) is 0 Å². The molecule has 0 heterocycles. The van der Waals surface area contributed by atoms with Crippen LogP contribution in [-0.4, -0.2) is 6.04 Å². The van der Waals surface area contributed by atoms with Crippen LogP contribution in [0.5, 0.6) is 0 Å². The van der Waals surface area contributed by atoms with Crippen molar-refractivity contribution < 1.29 is 0 Å². The van der Waals surface area contributed by atoms with Gasteiger partial charge in [-0.1, -0.05) is 52.4 Å². The standard InChI is InChI=1S/C14H29N/c1-3-5-6-10-14(15)13-9-7-8-12(4-2)11-13/h12-14H,3-11,15H2,1-2H3. The molecule has 90 valence electrons. The Morgan fingerprint density at radius 2 is 2.00 bits per heavy atom. The summed E-state index contributed by atoms with van der Waals surface area (Å²) in [6.07, 6.45) is 12.3. The largest absolute Gasteiger partial charge is 0.327 e. The number of hydrogen-bond donors (Lipinski definition) is 1. The Hall–Kier alpha value is -0.0400. The van der Waals surface area contributed by atoms with Crippen molar-refractivity contribution in [2.45, 2.75) is 77.7 Å². The van der Waals surface area contributed by atoms with E-state index in [1.165, 1.54) is 57.8 Å². The topological polar surface area (TPSA) is 26.0 Å². The Morgan fingerprint density at radius 1 is 1.20 bits per heavy atom. The zero-order valence-electron chi connectivity index (χ0n) is 10.7. The maximum absolute atomic E-state index is 6.31. The molecule has 1 fully saturated rings. The van der Waals surface area contributed by atoms with Crippen molar-refractivity contribution >= 4 is 0 Å². The predicted molar refractivity (Wildman–Crippen MR) is 67.9 cm³/mol. The quantitative estimate of drug-likeness (QED) is 0.657. The van der Waals surface area contributed by atoms with Crippen molar-refractivity contribution in [2.24, 2.45) is 17.6 Å². The van der Waals surface area contributed by atoms with E-state index in [-0.39, 0.29) is 0 Å². The maximum atomic E-state index is 6.31. The maximum Gasteiger partial charge on any atom is 0.00672 e. The molecule has 1 heteroatoms. The molecular formula is C14H29N. The van der Waals surface area contributed by atoms with Gasteiger partial charge < -0.3 is 5.73 Å². The molecule has 0 aliphatic heterocycles. The lowest BCUT2D eigenvalue weighted by atomic mass is 9.76. The second-order valence-electron chi connectivity index (χ2n) is 5.36. The first-order valence-corrected chi connectivity index (χ1v) is 7.03. The molecule has 0 aromatic carbocycles. The monoisotopic (exact) mass is 211 g/mol. The molecule has 1 aliphatic carbocycles. The van der Waals surface area contributed by atoms with Crippen molar-refractivity contribution in [2.75, 3.05) is 0 Å². The molecular weight excluding hydrogens is 182 g/mol. The average molecular weight is 211 g/mol. The van der Waals surface area contributed by atoms with Crippen LogP contribution in [0.4, 0.5) is 0 Å². The van der Waals surface area contributed by atoms with Gasteiger partial charge in [-0.25, -0.2) is 0 Å². The second-order valence-corrected chi connectivity index (χ2v) is 5.36. The van der Waals surface area contributed by atoms with Crippen molar-refractivity contribution in [3.63, 3.8) is 0 Å². The van der Waals surface area contributed by atoms with Gasteiger partial charge in [-0.2, -0.15) is 0 Å². The predicted octanol–water partition coefficient (Wildman–Crippen LogP) is 4.11. The van der Waals surface area contributed by atoms with Gasteiger partial charge in [0.2, 0.25) is 0 Å². The summed E-state index contributed by atoms with van der Waals surface area (Å²) in [5, 5.41) is 0. The molecule has 0 saturated heterocycles. The summed E-state index contributed by atoms with van der Waals surface area (Å²) in [5.41, 5.74) is 6.31. The van der Waals surface area contributed by atoms with Crippen LogP contribution in [0.3, 0.4) is 0 Å². The zero-order valence-corrected chi connectivity index (χ0v) is 10.7. The Morgan fingerprint density at radius 3 is 2.67 bits per heavy atom. The minimum absolute atomic E-state index is 0.492. The van der Waals surface area contributed by atoms with Gasteiger partial charge in [0, 0.05) is 6.04 Å². The molecule has 3 unspecified atom stereocenters. The van der Waals surface area contributed by atoms with Crippen LogP contribution in [0, 0.1) is 11.8 Å². The van der Waals surface area contributed by atoms with Crippen LogP contribution < -0.4 is 5.73 Å². The fourth-order valence-corrected chi connectivity index (χ4v) is 2.96. The van der Waals surface area contributed by atoms with Crippen molar-refractivity contribution in [3.05, 3.63) is 0 Å². The normalized spacial score (nSPS) is 29.0. The van der Waals surface area contributed by atoms with Gasteiger partial charge in [-0.15, -0.1) is 0 Å². The summed E-state index contributed by atoms with van der Waals surface area (Å²) in [6, 6.07) is 0.492. The highest BCUT2D eigenvalue weighted by molar-refractivity contribution is 4.80. The van der Waals surface area contributed by atoms with Gasteiger partial charge in [-0.05, 0) is 31.1 Å². The molecule has 0 amide bonds. The van der Waals surface area contributed by atoms with Crippen molar-refractivity contribution in [1.82, 2.24) is 0 Å². The summed E-state index contributed by atoms with van der Waals surface area (Å²) in [7, 11) is 0. The molecule has 0 spiro atoms. The van der Waals surface area contributed by atoms with E-state index in [2.05, 4.69) is 13.8 Å². The van der Waals surface area contributed by atoms with Gasteiger partial charge in [-0.3, -0.25) is 0 Å². The molecule has 1 rings (SSSR count). The zero-order chi connectivity index (χ0) is 11.1. The van der Waals surface area contributed by atoms with E-state index in [0.717, 1.165) is 11.8 Å². The molecule has 15 heavy (non-hydrogen) atoms. The molecule has 0 radical (unpaired) electrons. The SMILES string of the molecule is CCCCCC(N)C1CCCC(CC)C1. The van der Waals surface area contributed by atoms with E-state index in [1.807, 2.05) is 0 Å². The first-order valence-electron chi connectivity index (χ1n) is 7.03. The summed E-state index contributed by atoms with van der Waals surface area (Å²) in [6.45, 7) is 4.59. The molecule has 2 N–H and O–H groups in total. The van der Waals surface area contributed by atoms with E-state index in [9.17, 15) is 0 Å². The smallest absolute Gasteiger partial charge is 0.00672 e. The third kappa shape index (κ3) is 4.55. The average Bonchev–Trinajstić information content (AvgIpc) is 2.29. The number of unbranched alkanes of at least 4 members (excludes halogenated alkanes) is 2. The third-order valence-electron chi connectivity index (χ3n) is 4.15. The van der Waals surface area contributed by atoms with Crippen molar-refractivity contribution in [3.8, 4) is 0 Å². The van der Waals surface area contributed by atoms with Crippen LogP contribution in [0.25, 0.3) is 0 Å². The number of rotatable bonds is 6. The number of nitrogens with two attached hydrogens (primary N) is 1. The number of hydrogen-bond acceptors (Lipinski definition) is 1. The summed E-state index contributed by atoms with van der Waals surface area (Å²) >= 11 is 0. The molecule has 1 nitrogen and oxygen atoms in total. The van der Waals surface area contributed by atoms with E-state index < -0.39 is 0 Å². The van der Waals surface area contributed by atoms with Gasteiger partial charge in [0.15, 0.2) is 0 Å². The molecule has 1 saturated carbocycles. The molecule has 3 atom stereocenters. The lowest BCUT2D eigenvalue weighted by Gasteiger charge is -2.32. The summed E-state index contributed by atoms with van der Waals surface area (Å²) in [5.74, 6) is 1.81. The van der Waals surface area contributed by atoms with Crippen LogP contribution in [0.2, 0.25) is 0 Å². The van der Waals surface area contributed by atoms with Crippen LogP contribution in [0.1, 0.15) is 71.6 Å². The molecule has 0 aromatic heterocycles. The molecule has 1 aliphatic rings. The van der Waals surface area contributed by atoms with E-state index in [4.69, 9.17) is 5.73 Å². The molecule has 0 bridgehead atoms. The Labute approximate surface area is 95.8 Å². The first kappa shape index (κ1) is 13.0. The highest BCUT2D eigenvalue weighted by atomic mass is 14.6. The van der Waals surface area contributed by atoms with Crippen molar-refractivity contribution in [1.29, 1.82) is 0 Å². The Kier molecular flexibility index (Phi) is 6.31. The highest BCUT2D eigenvalue weighted by Gasteiger charge is 2.24. The Bertz CT molecular complexity index is 155. The van der Waals surface area contributed by atoms with Gasteiger partial charge in [0.1, 0.15) is 0 Å². The van der Waals surface area contributed by atoms with Crippen LogP contribution >= 0.6 is 0 Å². The van der Waals surface area contributed by atoms with Gasteiger partial charge in [0.05, 0.1) is 0 Å². The highest BCUT2D eigenvalue weighted by Crippen LogP contribution is 2.33. The van der Waals surface area contributed by atoms with Gasteiger partial charge in [0.25, 0.3) is 0 Å². The third-order valence-corrected chi connectivity index (χ3v) is 4.15. The Balaban J connectivity index is 2.22. The minimum Gasteiger partial charge on any atom is -0.327 e. The fourth-order valence-electron chi connectivity index (χ4n) is 2.96.